The van der Waals surface area contributed by atoms with Gasteiger partial charge in [-0.3, -0.25) is 0 Å². The van der Waals surface area contributed by atoms with Crippen molar-refractivity contribution < 1.29 is 4.52 Å². The SMILES string of the molecule is Cc1cn(Cc2noc3cc(Cl)ccc23)cn1.Cl. The Morgan fingerprint density at radius 1 is 1.39 bits per heavy atom. The lowest BCUT2D eigenvalue weighted by atomic mass is 10.2. The molecule has 18 heavy (non-hydrogen) atoms. The first kappa shape index (κ1) is 12.9. The van der Waals surface area contributed by atoms with Gasteiger partial charge in [0.15, 0.2) is 5.58 Å². The van der Waals surface area contributed by atoms with Gasteiger partial charge in [0.1, 0.15) is 5.69 Å². The number of rotatable bonds is 2. The third-order valence-corrected chi connectivity index (χ3v) is 2.84. The number of halogens is 2. The summed E-state index contributed by atoms with van der Waals surface area (Å²) in [6.45, 7) is 2.60. The summed E-state index contributed by atoms with van der Waals surface area (Å²) in [4.78, 5) is 4.17. The van der Waals surface area contributed by atoms with Crippen molar-refractivity contribution in [2.45, 2.75) is 13.5 Å². The van der Waals surface area contributed by atoms with E-state index in [4.69, 9.17) is 16.1 Å². The zero-order valence-corrected chi connectivity index (χ0v) is 11.2. The van der Waals surface area contributed by atoms with Gasteiger partial charge in [-0.15, -0.1) is 12.4 Å². The van der Waals surface area contributed by atoms with Crippen LogP contribution >= 0.6 is 24.0 Å². The predicted molar refractivity (Wildman–Crippen MR) is 72.3 cm³/mol. The van der Waals surface area contributed by atoms with Crippen LogP contribution in [0.2, 0.25) is 5.02 Å². The van der Waals surface area contributed by atoms with Gasteiger partial charge in [-0.1, -0.05) is 16.8 Å². The lowest BCUT2D eigenvalue weighted by molar-refractivity contribution is 0.443. The zero-order chi connectivity index (χ0) is 11.8. The molecule has 0 aliphatic heterocycles. The molecule has 6 heteroatoms. The number of nitrogens with zero attached hydrogens (tertiary/aromatic N) is 3. The molecule has 0 saturated carbocycles. The van der Waals surface area contributed by atoms with Crippen LogP contribution in [0.15, 0.2) is 35.2 Å². The molecule has 3 rings (SSSR count). The molecule has 0 bridgehead atoms. The van der Waals surface area contributed by atoms with E-state index < -0.39 is 0 Å². The van der Waals surface area contributed by atoms with Crippen LogP contribution in [0, 0.1) is 6.92 Å². The van der Waals surface area contributed by atoms with Gasteiger partial charge in [0, 0.05) is 22.7 Å². The van der Waals surface area contributed by atoms with Gasteiger partial charge in [0.25, 0.3) is 0 Å². The summed E-state index contributed by atoms with van der Waals surface area (Å²) in [6.07, 6.45) is 3.75. The third kappa shape index (κ3) is 2.35. The predicted octanol–water partition coefficient (Wildman–Crippen LogP) is 3.46. The van der Waals surface area contributed by atoms with Crippen molar-refractivity contribution in [1.82, 2.24) is 14.7 Å². The maximum Gasteiger partial charge on any atom is 0.168 e. The van der Waals surface area contributed by atoms with E-state index >= 15 is 0 Å². The van der Waals surface area contributed by atoms with E-state index in [1.807, 2.05) is 29.8 Å². The van der Waals surface area contributed by atoms with E-state index in [-0.39, 0.29) is 12.4 Å². The molecule has 0 N–H and O–H groups in total. The molecule has 0 spiro atoms. The molecule has 0 amide bonds. The Balaban J connectivity index is 0.00000120. The molecule has 0 radical (unpaired) electrons. The van der Waals surface area contributed by atoms with Crippen molar-refractivity contribution in [3.05, 3.63) is 47.1 Å². The summed E-state index contributed by atoms with van der Waals surface area (Å²) in [6, 6.07) is 5.53. The number of fused-ring (bicyclic) bond motifs is 1. The highest BCUT2D eigenvalue weighted by atomic mass is 35.5. The summed E-state index contributed by atoms with van der Waals surface area (Å²) in [5.41, 5.74) is 2.58. The molecule has 0 atom stereocenters. The van der Waals surface area contributed by atoms with Gasteiger partial charge in [0.2, 0.25) is 0 Å². The molecule has 0 unspecified atom stereocenters. The average molecular weight is 284 g/mol. The van der Waals surface area contributed by atoms with Crippen LogP contribution in [0.5, 0.6) is 0 Å². The zero-order valence-electron chi connectivity index (χ0n) is 9.63. The molecule has 3 aromatic rings. The van der Waals surface area contributed by atoms with Gasteiger partial charge in [-0.2, -0.15) is 0 Å². The molecule has 0 aliphatic carbocycles. The molecule has 4 nitrogen and oxygen atoms in total. The van der Waals surface area contributed by atoms with Crippen molar-refractivity contribution in [3.8, 4) is 0 Å². The monoisotopic (exact) mass is 283 g/mol. The maximum atomic E-state index is 5.89. The van der Waals surface area contributed by atoms with E-state index in [1.54, 1.807) is 12.4 Å². The molecule has 0 fully saturated rings. The molecule has 94 valence electrons. The van der Waals surface area contributed by atoms with Crippen LogP contribution in [-0.2, 0) is 6.54 Å². The van der Waals surface area contributed by atoms with Crippen LogP contribution in [0.1, 0.15) is 11.4 Å². The summed E-state index contributed by atoms with van der Waals surface area (Å²) in [5.74, 6) is 0. The average Bonchev–Trinajstić information content (AvgIpc) is 2.86. The smallest absolute Gasteiger partial charge is 0.168 e. The van der Waals surface area contributed by atoms with Gasteiger partial charge < -0.3 is 9.09 Å². The van der Waals surface area contributed by atoms with Crippen molar-refractivity contribution >= 4 is 35.0 Å². The molecule has 1 aromatic carbocycles. The molecule has 2 aromatic heterocycles. The molecular weight excluding hydrogens is 273 g/mol. The number of aryl methyl sites for hydroxylation is 1. The molecule has 0 saturated heterocycles. The highest BCUT2D eigenvalue weighted by molar-refractivity contribution is 6.31. The number of aromatic nitrogens is 3. The quantitative estimate of drug-likeness (QED) is 0.724. The van der Waals surface area contributed by atoms with Gasteiger partial charge in [-0.25, -0.2) is 4.98 Å². The molecule has 2 heterocycles. The Bertz CT molecular complexity index is 675. The van der Waals surface area contributed by atoms with E-state index in [9.17, 15) is 0 Å². The first-order valence-corrected chi connectivity index (χ1v) is 5.62. The Kier molecular flexibility index (Phi) is 3.59. The summed E-state index contributed by atoms with van der Waals surface area (Å²) in [7, 11) is 0. The Hall–Kier alpha value is -1.52. The maximum absolute atomic E-state index is 5.89. The summed E-state index contributed by atoms with van der Waals surface area (Å²) < 4.78 is 7.21. The number of benzene rings is 1. The number of hydrogen-bond acceptors (Lipinski definition) is 3. The second kappa shape index (κ2) is 5.00. The topological polar surface area (TPSA) is 43.9 Å². The van der Waals surface area contributed by atoms with Crippen LogP contribution in [-0.4, -0.2) is 14.7 Å². The van der Waals surface area contributed by atoms with Crippen molar-refractivity contribution in [2.75, 3.05) is 0 Å². The van der Waals surface area contributed by atoms with E-state index in [0.717, 1.165) is 16.8 Å². The van der Waals surface area contributed by atoms with Gasteiger partial charge >= 0.3 is 0 Å². The fourth-order valence-corrected chi connectivity index (χ4v) is 1.97. The van der Waals surface area contributed by atoms with Crippen LogP contribution in [0.3, 0.4) is 0 Å². The number of hydrogen-bond donors (Lipinski definition) is 0. The highest BCUT2D eigenvalue weighted by Crippen LogP contribution is 2.22. The number of imidazole rings is 1. The minimum Gasteiger partial charge on any atom is -0.356 e. The van der Waals surface area contributed by atoms with Crippen LogP contribution < -0.4 is 0 Å². The molecular formula is C12H11Cl2N3O. The Morgan fingerprint density at radius 2 is 2.22 bits per heavy atom. The lowest BCUT2D eigenvalue weighted by Crippen LogP contribution is -1.96. The van der Waals surface area contributed by atoms with Crippen molar-refractivity contribution in [2.24, 2.45) is 0 Å². The minimum atomic E-state index is 0. The largest absolute Gasteiger partial charge is 0.356 e. The Labute approximate surface area is 115 Å². The van der Waals surface area contributed by atoms with Crippen LogP contribution in [0.25, 0.3) is 11.0 Å². The summed E-state index contributed by atoms with van der Waals surface area (Å²) in [5, 5.41) is 5.70. The van der Waals surface area contributed by atoms with E-state index in [1.165, 1.54) is 0 Å². The van der Waals surface area contributed by atoms with Gasteiger partial charge in [-0.05, 0) is 19.1 Å². The van der Waals surface area contributed by atoms with E-state index in [0.29, 0.717) is 17.2 Å². The minimum absolute atomic E-state index is 0. The summed E-state index contributed by atoms with van der Waals surface area (Å²) >= 11 is 5.89. The van der Waals surface area contributed by atoms with Crippen molar-refractivity contribution in [3.63, 3.8) is 0 Å². The Morgan fingerprint density at radius 3 is 2.94 bits per heavy atom. The fraction of sp³-hybridized carbons (Fsp3) is 0.167. The first-order valence-electron chi connectivity index (χ1n) is 5.24. The molecule has 0 aliphatic rings. The second-order valence-electron chi connectivity index (χ2n) is 3.96. The lowest BCUT2D eigenvalue weighted by Gasteiger charge is -1.97. The van der Waals surface area contributed by atoms with E-state index in [2.05, 4.69) is 10.1 Å². The normalized spacial score (nSPS) is 10.6. The first-order chi connectivity index (χ1) is 8.22. The van der Waals surface area contributed by atoms with Crippen LogP contribution in [0.4, 0.5) is 0 Å². The van der Waals surface area contributed by atoms with Gasteiger partial charge in [0.05, 0.1) is 18.6 Å². The standard InChI is InChI=1S/C12H10ClN3O.ClH/c1-8-5-16(7-14-8)6-11-10-3-2-9(13)4-12(10)17-15-11;/h2-5,7H,6H2,1H3;1H. The fourth-order valence-electron chi connectivity index (χ4n) is 1.81. The third-order valence-electron chi connectivity index (χ3n) is 2.60. The van der Waals surface area contributed by atoms with Crippen molar-refractivity contribution in [1.29, 1.82) is 0 Å². The second-order valence-corrected chi connectivity index (χ2v) is 4.39. The highest BCUT2D eigenvalue weighted by Gasteiger charge is 2.09.